The Morgan fingerprint density at radius 2 is 1.95 bits per heavy atom. The molecule has 4 nitrogen and oxygen atoms in total. The van der Waals surface area contributed by atoms with E-state index in [1.54, 1.807) is 32.2 Å². The fourth-order valence-corrected chi connectivity index (χ4v) is 3.95. The Morgan fingerprint density at radius 1 is 1.14 bits per heavy atom. The second-order valence-corrected chi connectivity index (χ2v) is 6.38. The maximum Gasteiger partial charge on any atom is 0.338 e. The highest BCUT2D eigenvalue weighted by atomic mass is 32.2. The van der Waals surface area contributed by atoms with Gasteiger partial charge in [0.05, 0.1) is 30.1 Å². The fraction of sp³-hybridized carbons (Fsp3) is 0.235. The minimum Gasteiger partial charge on any atom is -0.497 e. The third-order valence-electron chi connectivity index (χ3n) is 3.63. The highest BCUT2D eigenvalue weighted by Gasteiger charge is 2.24. The van der Waals surface area contributed by atoms with Gasteiger partial charge in [-0.05, 0) is 54.8 Å². The zero-order chi connectivity index (χ0) is 15.7. The highest BCUT2D eigenvalue weighted by Crippen LogP contribution is 2.34. The van der Waals surface area contributed by atoms with Gasteiger partial charge in [-0.15, -0.1) is 0 Å². The lowest BCUT2D eigenvalue weighted by Crippen LogP contribution is -2.12. The molecule has 0 saturated carbocycles. The molecule has 1 aliphatic heterocycles. The van der Waals surface area contributed by atoms with Gasteiger partial charge >= 0.3 is 5.97 Å². The predicted molar refractivity (Wildman–Crippen MR) is 82.9 cm³/mol. The van der Waals surface area contributed by atoms with Crippen molar-refractivity contribution in [2.24, 2.45) is 0 Å². The summed E-state index contributed by atoms with van der Waals surface area (Å²) in [7, 11) is 0.318. The van der Waals surface area contributed by atoms with Gasteiger partial charge in [0.1, 0.15) is 5.75 Å². The van der Waals surface area contributed by atoms with Gasteiger partial charge in [-0.1, -0.05) is 6.07 Å². The lowest BCUT2D eigenvalue weighted by atomic mass is 10.0. The van der Waals surface area contributed by atoms with Crippen LogP contribution < -0.4 is 4.74 Å². The highest BCUT2D eigenvalue weighted by molar-refractivity contribution is 7.85. The van der Waals surface area contributed by atoms with Crippen molar-refractivity contribution in [2.45, 2.75) is 23.1 Å². The van der Waals surface area contributed by atoms with Gasteiger partial charge in [0, 0.05) is 9.79 Å². The third kappa shape index (κ3) is 2.52. The van der Waals surface area contributed by atoms with Crippen molar-refractivity contribution >= 4 is 16.8 Å². The van der Waals surface area contributed by atoms with Crippen LogP contribution >= 0.6 is 0 Å². The van der Waals surface area contributed by atoms with Gasteiger partial charge in [0.2, 0.25) is 0 Å². The third-order valence-corrected chi connectivity index (χ3v) is 5.20. The number of rotatable bonds is 3. The van der Waals surface area contributed by atoms with E-state index in [9.17, 15) is 9.00 Å². The second-order valence-electron chi connectivity index (χ2n) is 4.96. The molecule has 0 aliphatic carbocycles. The monoisotopic (exact) mass is 316 g/mol. The maximum absolute atomic E-state index is 12.8. The van der Waals surface area contributed by atoms with Gasteiger partial charge in [-0.25, -0.2) is 9.00 Å². The first-order valence-electron chi connectivity index (χ1n) is 7.02. The molecule has 0 bridgehead atoms. The van der Waals surface area contributed by atoms with E-state index in [-0.39, 0.29) is 5.97 Å². The zero-order valence-electron chi connectivity index (χ0n) is 12.4. The molecule has 0 N–H and O–H groups in total. The van der Waals surface area contributed by atoms with Crippen LogP contribution in [0.2, 0.25) is 0 Å². The van der Waals surface area contributed by atoms with Crippen LogP contribution in [0.3, 0.4) is 0 Å². The molecule has 2 aromatic carbocycles. The number of fused-ring (bicyclic) bond motifs is 2. The van der Waals surface area contributed by atoms with Crippen molar-refractivity contribution in [3.8, 4) is 5.75 Å². The largest absolute Gasteiger partial charge is 0.497 e. The van der Waals surface area contributed by atoms with Crippen LogP contribution in [0, 0.1) is 0 Å². The van der Waals surface area contributed by atoms with Crippen molar-refractivity contribution in [1.82, 2.24) is 0 Å². The Labute approximate surface area is 131 Å². The van der Waals surface area contributed by atoms with Crippen LogP contribution in [-0.2, 0) is 22.0 Å². The summed E-state index contributed by atoms with van der Waals surface area (Å²) in [5, 5.41) is 0. The number of carbonyl (C=O) groups is 1. The summed E-state index contributed by atoms with van der Waals surface area (Å²) in [6.45, 7) is 2.08. The minimum atomic E-state index is -1.29. The van der Waals surface area contributed by atoms with E-state index in [2.05, 4.69) is 0 Å². The van der Waals surface area contributed by atoms with Crippen LogP contribution in [0.15, 0.2) is 46.2 Å². The van der Waals surface area contributed by atoms with E-state index in [0.717, 1.165) is 21.8 Å². The number of esters is 1. The van der Waals surface area contributed by atoms with Crippen molar-refractivity contribution in [3.05, 3.63) is 53.1 Å². The topological polar surface area (TPSA) is 52.6 Å². The van der Waals surface area contributed by atoms with Crippen LogP contribution in [-0.4, -0.2) is 23.9 Å². The number of ether oxygens (including phenoxy) is 2. The zero-order valence-corrected chi connectivity index (χ0v) is 13.2. The lowest BCUT2D eigenvalue weighted by molar-refractivity contribution is 0.0526. The smallest absolute Gasteiger partial charge is 0.338 e. The first-order valence-corrected chi connectivity index (χ1v) is 8.17. The van der Waals surface area contributed by atoms with Crippen molar-refractivity contribution in [3.63, 3.8) is 0 Å². The van der Waals surface area contributed by atoms with Gasteiger partial charge < -0.3 is 9.47 Å². The standard InChI is InChI=1S/C17H16O4S/c1-3-21-17(18)12-5-4-11-8-13-9-14(20-2)6-7-15(13)22(19)16(11)10-12/h4-7,9-10H,3,8H2,1-2H3. The Balaban J connectivity index is 2.02. The second kappa shape index (κ2) is 5.93. The quantitative estimate of drug-likeness (QED) is 0.697. The van der Waals surface area contributed by atoms with Crippen LogP contribution in [0.1, 0.15) is 28.4 Å². The molecule has 22 heavy (non-hydrogen) atoms. The summed E-state index contributed by atoms with van der Waals surface area (Å²) in [5.74, 6) is 0.366. The number of benzene rings is 2. The van der Waals surface area contributed by atoms with E-state index in [4.69, 9.17) is 9.47 Å². The van der Waals surface area contributed by atoms with E-state index < -0.39 is 10.8 Å². The van der Waals surface area contributed by atoms with Crippen LogP contribution in [0.25, 0.3) is 0 Å². The molecule has 1 aliphatic rings. The van der Waals surface area contributed by atoms with Gasteiger partial charge in [0.25, 0.3) is 0 Å². The Bertz CT molecular complexity index is 767. The molecular formula is C17H16O4S. The molecular weight excluding hydrogens is 300 g/mol. The minimum absolute atomic E-state index is 0.321. The molecule has 1 atom stereocenters. The molecule has 0 fully saturated rings. The molecule has 0 amide bonds. The predicted octanol–water partition coefficient (Wildman–Crippen LogP) is 2.94. The van der Waals surface area contributed by atoms with E-state index in [1.165, 1.54) is 0 Å². The Hall–Kier alpha value is -2.14. The van der Waals surface area contributed by atoms with Crippen LogP contribution in [0.4, 0.5) is 0 Å². The molecule has 0 aromatic heterocycles. The van der Waals surface area contributed by atoms with Crippen molar-refractivity contribution in [1.29, 1.82) is 0 Å². The number of hydrogen-bond acceptors (Lipinski definition) is 4. The fourth-order valence-electron chi connectivity index (χ4n) is 2.54. The Kier molecular flexibility index (Phi) is 3.98. The summed E-state index contributed by atoms with van der Waals surface area (Å²) >= 11 is 0. The van der Waals surface area contributed by atoms with E-state index >= 15 is 0 Å². The summed E-state index contributed by atoms with van der Waals surface area (Å²) in [6, 6.07) is 10.8. The van der Waals surface area contributed by atoms with Crippen molar-refractivity contribution in [2.75, 3.05) is 13.7 Å². The first-order chi connectivity index (χ1) is 10.6. The summed E-state index contributed by atoms with van der Waals surface area (Å²) < 4.78 is 23.0. The number of methoxy groups -OCH3 is 1. The number of hydrogen-bond donors (Lipinski definition) is 0. The Morgan fingerprint density at radius 3 is 2.68 bits per heavy atom. The average Bonchev–Trinajstić information content (AvgIpc) is 2.54. The molecule has 0 saturated heterocycles. The average molecular weight is 316 g/mol. The molecule has 1 unspecified atom stereocenters. The molecule has 114 valence electrons. The molecule has 1 heterocycles. The molecule has 0 spiro atoms. The van der Waals surface area contributed by atoms with Crippen LogP contribution in [0.5, 0.6) is 5.75 Å². The first kappa shape index (κ1) is 14.8. The maximum atomic E-state index is 12.8. The summed E-state index contributed by atoms with van der Waals surface area (Å²) in [6.07, 6.45) is 0.677. The van der Waals surface area contributed by atoms with E-state index in [1.807, 2.05) is 18.2 Å². The van der Waals surface area contributed by atoms with Gasteiger partial charge in [-0.2, -0.15) is 0 Å². The van der Waals surface area contributed by atoms with Crippen molar-refractivity contribution < 1.29 is 18.5 Å². The van der Waals surface area contributed by atoms with E-state index in [0.29, 0.717) is 23.5 Å². The molecule has 2 aromatic rings. The lowest BCUT2D eigenvalue weighted by Gasteiger charge is -2.20. The molecule has 0 radical (unpaired) electrons. The normalized spacial score (nSPS) is 15.6. The summed E-state index contributed by atoms with van der Waals surface area (Å²) in [4.78, 5) is 13.3. The van der Waals surface area contributed by atoms with Gasteiger partial charge in [-0.3, -0.25) is 0 Å². The summed E-state index contributed by atoms with van der Waals surface area (Å²) in [5.41, 5.74) is 2.40. The van der Waals surface area contributed by atoms with Gasteiger partial charge in [0.15, 0.2) is 0 Å². The molecule has 5 heteroatoms. The number of carbonyl (C=O) groups excluding carboxylic acids is 1. The molecule has 3 rings (SSSR count). The SMILES string of the molecule is CCOC(=O)c1ccc2c(c1)S(=O)c1ccc(OC)cc1C2.